The highest BCUT2D eigenvalue weighted by atomic mass is 35.5. The van der Waals surface area contributed by atoms with Gasteiger partial charge in [-0.25, -0.2) is 0 Å². The van der Waals surface area contributed by atoms with Crippen LogP contribution in [-0.2, 0) is 9.59 Å². The zero-order valence-corrected chi connectivity index (χ0v) is 15.9. The lowest BCUT2D eigenvalue weighted by atomic mass is 9.96. The molecule has 0 atom stereocenters. The predicted octanol–water partition coefficient (Wildman–Crippen LogP) is 2.60. The van der Waals surface area contributed by atoms with Crippen molar-refractivity contribution in [1.29, 1.82) is 5.26 Å². The summed E-state index contributed by atoms with van der Waals surface area (Å²) in [5, 5.41) is 12.2. The van der Waals surface area contributed by atoms with Gasteiger partial charge in [-0.3, -0.25) is 9.59 Å². The Bertz CT molecular complexity index is 683. The molecule has 1 aliphatic rings. The molecule has 0 unspecified atom stereocenters. The molecule has 1 N–H and O–H groups in total. The molecule has 2 rings (SSSR count). The molecule has 0 saturated carbocycles. The first-order valence-corrected chi connectivity index (χ1v) is 9.09. The number of nitrogens with one attached hydrogen (secondary N) is 1. The van der Waals surface area contributed by atoms with Gasteiger partial charge in [0, 0.05) is 24.7 Å². The average molecular weight is 378 g/mol. The fraction of sp³-hybridized carbons (Fsp3) is 0.526. The van der Waals surface area contributed by atoms with Gasteiger partial charge < -0.3 is 15.0 Å². The summed E-state index contributed by atoms with van der Waals surface area (Å²) in [6, 6.07) is 5.52. The van der Waals surface area contributed by atoms with Gasteiger partial charge in [0.1, 0.15) is 12.2 Å². The van der Waals surface area contributed by atoms with Gasteiger partial charge in [-0.2, -0.15) is 5.26 Å². The Morgan fingerprint density at radius 2 is 1.92 bits per heavy atom. The molecule has 0 aromatic heterocycles. The lowest BCUT2D eigenvalue weighted by Gasteiger charge is -2.31. The number of likely N-dealkylation sites (tertiary alicyclic amines) is 1. The molecule has 0 radical (unpaired) electrons. The number of benzene rings is 1. The number of rotatable bonds is 6. The van der Waals surface area contributed by atoms with Crippen LogP contribution in [0, 0.1) is 31.1 Å². The topological polar surface area (TPSA) is 82.4 Å². The maximum Gasteiger partial charge on any atom is 0.257 e. The number of carbonyl (C=O) groups is 2. The number of nitriles is 1. The molecule has 6 nitrogen and oxygen atoms in total. The second kappa shape index (κ2) is 9.44. The summed E-state index contributed by atoms with van der Waals surface area (Å²) in [6.07, 6.45) is 1.59. The molecule has 7 heteroatoms. The van der Waals surface area contributed by atoms with Crippen LogP contribution in [0.3, 0.4) is 0 Å². The van der Waals surface area contributed by atoms with Gasteiger partial charge in [0.2, 0.25) is 5.91 Å². The van der Waals surface area contributed by atoms with Crippen LogP contribution in [0.25, 0.3) is 0 Å². The van der Waals surface area contributed by atoms with Crippen molar-refractivity contribution in [2.75, 3.05) is 26.2 Å². The first kappa shape index (κ1) is 20.1. The summed E-state index contributed by atoms with van der Waals surface area (Å²) < 4.78 is 5.55. The highest BCUT2D eigenvalue weighted by molar-refractivity contribution is 6.32. The Morgan fingerprint density at radius 1 is 1.31 bits per heavy atom. The van der Waals surface area contributed by atoms with E-state index in [0.717, 1.165) is 24.0 Å². The summed E-state index contributed by atoms with van der Waals surface area (Å²) >= 11 is 6.12. The number of ether oxygens (including phenoxy) is 1. The largest absolute Gasteiger partial charge is 0.484 e. The minimum atomic E-state index is -0.168. The zero-order valence-electron chi connectivity index (χ0n) is 15.2. The van der Waals surface area contributed by atoms with E-state index in [1.807, 2.05) is 32.0 Å². The van der Waals surface area contributed by atoms with Crippen LogP contribution in [0.2, 0.25) is 5.02 Å². The number of aryl methyl sites for hydroxylation is 2. The summed E-state index contributed by atoms with van der Waals surface area (Å²) in [7, 11) is 0. The SMILES string of the molecule is Cc1cc(OCC(=O)NCC2CCN(C(=O)CC#N)CC2)cc(C)c1Cl. The third kappa shape index (κ3) is 5.63. The van der Waals surface area contributed by atoms with E-state index in [1.54, 1.807) is 4.90 Å². The second-order valence-electron chi connectivity index (χ2n) is 6.62. The maximum atomic E-state index is 12.0. The quantitative estimate of drug-likeness (QED) is 0.826. The van der Waals surface area contributed by atoms with Gasteiger partial charge in [-0.05, 0) is 55.9 Å². The normalized spacial score (nSPS) is 14.6. The van der Waals surface area contributed by atoms with E-state index in [9.17, 15) is 9.59 Å². The lowest BCUT2D eigenvalue weighted by Crippen LogP contribution is -2.42. The summed E-state index contributed by atoms with van der Waals surface area (Å²) in [6.45, 7) is 5.61. The van der Waals surface area contributed by atoms with E-state index in [2.05, 4.69) is 5.32 Å². The summed E-state index contributed by atoms with van der Waals surface area (Å²) in [4.78, 5) is 25.4. The highest BCUT2D eigenvalue weighted by Gasteiger charge is 2.22. The fourth-order valence-corrected chi connectivity index (χ4v) is 3.12. The molecular weight excluding hydrogens is 354 g/mol. The van der Waals surface area contributed by atoms with Crippen LogP contribution in [0.4, 0.5) is 0 Å². The molecule has 140 valence electrons. The molecular formula is C19H24ClN3O3. The van der Waals surface area contributed by atoms with Gasteiger partial charge in [0.05, 0.1) is 6.07 Å². The van der Waals surface area contributed by atoms with Gasteiger partial charge in [0.25, 0.3) is 5.91 Å². The monoisotopic (exact) mass is 377 g/mol. The molecule has 0 bridgehead atoms. The number of amides is 2. The summed E-state index contributed by atoms with van der Waals surface area (Å²) in [5.74, 6) is 0.684. The fourth-order valence-electron chi connectivity index (χ4n) is 3.01. The van der Waals surface area contributed by atoms with Crippen molar-refractivity contribution in [3.8, 4) is 11.8 Å². The Hall–Kier alpha value is -2.26. The van der Waals surface area contributed by atoms with Crippen molar-refractivity contribution < 1.29 is 14.3 Å². The first-order chi connectivity index (χ1) is 12.4. The van der Waals surface area contributed by atoms with Crippen LogP contribution in [0.5, 0.6) is 5.75 Å². The van der Waals surface area contributed by atoms with Crippen LogP contribution >= 0.6 is 11.6 Å². The molecule has 0 aliphatic carbocycles. The number of nitrogens with zero attached hydrogens (tertiary/aromatic N) is 2. The first-order valence-electron chi connectivity index (χ1n) is 8.71. The van der Waals surface area contributed by atoms with Crippen molar-refractivity contribution in [2.45, 2.75) is 33.1 Å². The molecule has 1 saturated heterocycles. The van der Waals surface area contributed by atoms with Crippen LogP contribution in [0.15, 0.2) is 12.1 Å². The molecule has 2 amide bonds. The Morgan fingerprint density at radius 3 is 2.50 bits per heavy atom. The number of hydrogen-bond acceptors (Lipinski definition) is 4. The Balaban J connectivity index is 1.70. The second-order valence-corrected chi connectivity index (χ2v) is 7.00. The zero-order chi connectivity index (χ0) is 19.1. The van der Waals surface area contributed by atoms with E-state index in [4.69, 9.17) is 21.6 Å². The summed E-state index contributed by atoms with van der Waals surface area (Å²) in [5.41, 5.74) is 1.83. The minimum absolute atomic E-state index is 0.0417. The lowest BCUT2D eigenvalue weighted by molar-refractivity contribution is -0.131. The van der Waals surface area contributed by atoms with E-state index >= 15 is 0 Å². The van der Waals surface area contributed by atoms with Gasteiger partial charge in [-0.1, -0.05) is 11.6 Å². The molecule has 1 fully saturated rings. The molecule has 1 heterocycles. The average Bonchev–Trinajstić information content (AvgIpc) is 2.63. The number of halogens is 1. The van der Waals surface area contributed by atoms with Crippen molar-refractivity contribution in [3.63, 3.8) is 0 Å². The van der Waals surface area contributed by atoms with Gasteiger partial charge in [0.15, 0.2) is 6.61 Å². The minimum Gasteiger partial charge on any atom is -0.484 e. The van der Waals surface area contributed by atoms with E-state index in [0.29, 0.717) is 36.3 Å². The molecule has 1 aliphatic heterocycles. The molecule has 26 heavy (non-hydrogen) atoms. The Labute approximate surface area is 159 Å². The smallest absolute Gasteiger partial charge is 0.257 e. The van der Waals surface area contributed by atoms with Crippen molar-refractivity contribution in [2.24, 2.45) is 5.92 Å². The number of carbonyl (C=O) groups excluding carboxylic acids is 2. The maximum absolute atomic E-state index is 12.0. The highest BCUT2D eigenvalue weighted by Crippen LogP contribution is 2.25. The number of piperidine rings is 1. The van der Waals surface area contributed by atoms with Crippen molar-refractivity contribution in [1.82, 2.24) is 10.2 Å². The molecule has 1 aromatic carbocycles. The predicted molar refractivity (Wildman–Crippen MR) is 99.0 cm³/mol. The van der Waals surface area contributed by atoms with E-state index in [1.165, 1.54) is 0 Å². The molecule has 0 spiro atoms. The van der Waals surface area contributed by atoms with E-state index < -0.39 is 0 Å². The van der Waals surface area contributed by atoms with Crippen LogP contribution in [0.1, 0.15) is 30.4 Å². The van der Waals surface area contributed by atoms with Gasteiger partial charge in [-0.15, -0.1) is 0 Å². The standard InChI is InChI=1S/C19H24ClN3O3/c1-13-9-16(10-14(2)19(13)20)26-12-17(24)22-11-15-4-7-23(8-5-15)18(25)3-6-21/h9-10,15H,3-5,7-8,11-12H2,1-2H3,(H,22,24). The van der Waals surface area contributed by atoms with Gasteiger partial charge >= 0.3 is 0 Å². The number of hydrogen-bond donors (Lipinski definition) is 1. The van der Waals surface area contributed by atoms with Crippen LogP contribution in [-0.4, -0.2) is 43.0 Å². The Kier molecular flexibility index (Phi) is 7.28. The van der Waals surface area contributed by atoms with Crippen LogP contribution < -0.4 is 10.1 Å². The molecule has 1 aromatic rings. The third-order valence-corrected chi connectivity index (χ3v) is 5.16. The van der Waals surface area contributed by atoms with Crippen molar-refractivity contribution in [3.05, 3.63) is 28.3 Å². The van der Waals surface area contributed by atoms with Crippen molar-refractivity contribution >= 4 is 23.4 Å². The van der Waals surface area contributed by atoms with E-state index in [-0.39, 0.29) is 24.8 Å². The third-order valence-electron chi connectivity index (χ3n) is 4.57.